The third kappa shape index (κ3) is 4.84. The summed E-state index contributed by atoms with van der Waals surface area (Å²) in [4.78, 5) is 24.9. The number of anilines is 1. The lowest BCUT2D eigenvalue weighted by Crippen LogP contribution is -2.30. The Bertz CT molecular complexity index is 1190. The molecule has 10 heteroatoms. The zero-order valence-electron chi connectivity index (χ0n) is 16.2. The minimum Gasteiger partial charge on any atom is -0.449 e. The van der Waals surface area contributed by atoms with Crippen LogP contribution in [0.5, 0.6) is 0 Å². The molecule has 0 bridgehead atoms. The van der Waals surface area contributed by atoms with E-state index in [0.717, 1.165) is 5.39 Å². The van der Waals surface area contributed by atoms with Gasteiger partial charge in [-0.3, -0.25) is 4.79 Å². The summed E-state index contributed by atoms with van der Waals surface area (Å²) in [7, 11) is -3.83. The molecular formula is C20H20N2O6S2. The molecule has 0 fully saturated rings. The molecule has 2 aromatic carbocycles. The normalized spacial score (nSPS) is 12.5. The van der Waals surface area contributed by atoms with Crippen molar-refractivity contribution < 1.29 is 27.2 Å². The van der Waals surface area contributed by atoms with Crippen LogP contribution in [-0.2, 0) is 25.3 Å². The highest BCUT2D eigenvalue weighted by Crippen LogP contribution is 2.29. The lowest BCUT2D eigenvalue weighted by atomic mass is 10.1. The van der Waals surface area contributed by atoms with Crippen molar-refractivity contribution in [3.8, 4) is 0 Å². The number of sulfonamides is 1. The molecule has 0 unspecified atom stereocenters. The van der Waals surface area contributed by atoms with Gasteiger partial charge in [0.25, 0.3) is 5.91 Å². The second-order valence-corrected chi connectivity index (χ2v) is 8.87. The van der Waals surface area contributed by atoms with Gasteiger partial charge >= 0.3 is 5.97 Å². The van der Waals surface area contributed by atoms with Crippen molar-refractivity contribution >= 4 is 50.3 Å². The molecule has 0 spiro atoms. The lowest BCUT2D eigenvalue weighted by molar-refractivity contribution is -0.123. The molecule has 1 atom stereocenters. The highest BCUT2D eigenvalue weighted by molar-refractivity contribution is 7.97. The molecule has 1 heterocycles. The van der Waals surface area contributed by atoms with E-state index in [0.29, 0.717) is 22.6 Å². The number of ether oxygens (including phenoxy) is 1. The first-order valence-electron chi connectivity index (χ1n) is 8.84. The molecule has 0 aliphatic heterocycles. The largest absolute Gasteiger partial charge is 0.449 e. The SMILES string of the molecule is CSCc1c(C(=O)O[C@H](C)C(=O)Nc2ccc(S(N)(=O)=O)cc2)oc2ccccc12. The van der Waals surface area contributed by atoms with Gasteiger partial charge in [-0.25, -0.2) is 18.4 Å². The van der Waals surface area contributed by atoms with E-state index in [1.54, 1.807) is 12.1 Å². The van der Waals surface area contributed by atoms with Crippen molar-refractivity contribution in [3.63, 3.8) is 0 Å². The summed E-state index contributed by atoms with van der Waals surface area (Å²) >= 11 is 1.54. The summed E-state index contributed by atoms with van der Waals surface area (Å²) in [5.74, 6) is -0.683. The Morgan fingerprint density at radius 2 is 1.83 bits per heavy atom. The fraction of sp³-hybridized carbons (Fsp3) is 0.200. The molecule has 0 aliphatic rings. The number of rotatable bonds is 7. The highest BCUT2D eigenvalue weighted by Gasteiger charge is 2.25. The second-order valence-electron chi connectivity index (χ2n) is 6.45. The topological polar surface area (TPSA) is 129 Å². The van der Waals surface area contributed by atoms with Crippen molar-refractivity contribution in [2.45, 2.75) is 23.7 Å². The number of carbonyl (C=O) groups excluding carboxylic acids is 2. The number of esters is 1. The third-order valence-electron chi connectivity index (χ3n) is 4.28. The Morgan fingerprint density at radius 3 is 2.47 bits per heavy atom. The zero-order chi connectivity index (χ0) is 21.9. The lowest BCUT2D eigenvalue weighted by Gasteiger charge is -2.13. The number of hydrogen-bond acceptors (Lipinski definition) is 7. The molecule has 3 N–H and O–H groups in total. The molecule has 8 nitrogen and oxygen atoms in total. The summed E-state index contributed by atoms with van der Waals surface area (Å²) in [6.07, 6.45) is 0.805. The second kappa shape index (κ2) is 8.90. The van der Waals surface area contributed by atoms with E-state index in [1.165, 1.54) is 43.0 Å². The molecule has 0 aliphatic carbocycles. The van der Waals surface area contributed by atoms with E-state index in [-0.39, 0.29) is 10.7 Å². The molecule has 0 saturated carbocycles. The Balaban J connectivity index is 1.72. The van der Waals surface area contributed by atoms with Crippen LogP contribution >= 0.6 is 11.8 Å². The van der Waals surface area contributed by atoms with Crippen LogP contribution in [0.1, 0.15) is 23.0 Å². The van der Waals surface area contributed by atoms with E-state index in [9.17, 15) is 18.0 Å². The number of primary sulfonamides is 1. The van der Waals surface area contributed by atoms with Gasteiger partial charge in [0, 0.05) is 22.4 Å². The van der Waals surface area contributed by atoms with Crippen LogP contribution in [0, 0.1) is 0 Å². The van der Waals surface area contributed by atoms with Gasteiger partial charge in [0.15, 0.2) is 6.10 Å². The third-order valence-corrected chi connectivity index (χ3v) is 5.78. The number of thioether (sulfide) groups is 1. The highest BCUT2D eigenvalue weighted by atomic mass is 32.2. The summed E-state index contributed by atoms with van der Waals surface area (Å²) in [6.45, 7) is 1.43. The first kappa shape index (κ1) is 21.9. The maximum atomic E-state index is 12.6. The van der Waals surface area contributed by atoms with Crippen molar-refractivity contribution in [2.24, 2.45) is 5.14 Å². The molecule has 3 rings (SSSR count). The number of amides is 1. The standard InChI is InChI=1S/C20H20N2O6S2/c1-12(19(23)22-13-7-9-14(10-8-13)30(21,25)26)27-20(24)18-16(11-29-2)15-5-3-4-6-17(15)28-18/h3-10,12H,11H2,1-2H3,(H,22,23)(H2,21,25,26)/t12-/m1/s1. The van der Waals surface area contributed by atoms with Gasteiger partial charge in [-0.05, 0) is 43.5 Å². The van der Waals surface area contributed by atoms with Gasteiger partial charge in [0.05, 0.1) is 4.90 Å². The number of carbonyl (C=O) groups is 2. The number of nitrogens with two attached hydrogens (primary N) is 1. The smallest absolute Gasteiger partial charge is 0.375 e. The van der Waals surface area contributed by atoms with Crippen molar-refractivity contribution in [2.75, 3.05) is 11.6 Å². The van der Waals surface area contributed by atoms with Gasteiger partial charge < -0.3 is 14.5 Å². The molecule has 1 aromatic heterocycles. The van der Waals surface area contributed by atoms with Crippen LogP contribution in [0.3, 0.4) is 0 Å². The van der Waals surface area contributed by atoms with Gasteiger partial charge in [-0.1, -0.05) is 18.2 Å². The van der Waals surface area contributed by atoms with E-state index < -0.39 is 28.0 Å². The number of nitrogens with one attached hydrogen (secondary N) is 1. The van der Waals surface area contributed by atoms with E-state index in [2.05, 4.69) is 5.32 Å². The minimum atomic E-state index is -3.83. The maximum Gasteiger partial charge on any atom is 0.375 e. The predicted octanol–water partition coefficient (Wildman–Crippen LogP) is 3.13. The van der Waals surface area contributed by atoms with Crippen molar-refractivity contribution in [3.05, 3.63) is 59.9 Å². The van der Waals surface area contributed by atoms with E-state index in [1.807, 2.05) is 18.4 Å². The average Bonchev–Trinajstić information content (AvgIpc) is 3.07. The van der Waals surface area contributed by atoms with Crippen LogP contribution in [0.25, 0.3) is 11.0 Å². The molecular weight excluding hydrogens is 428 g/mol. The Labute approximate surface area is 177 Å². The first-order valence-corrected chi connectivity index (χ1v) is 11.8. The number of fused-ring (bicyclic) bond motifs is 1. The fourth-order valence-corrected chi connectivity index (χ4v) is 3.88. The minimum absolute atomic E-state index is 0.0719. The number of benzene rings is 2. The van der Waals surface area contributed by atoms with Crippen LogP contribution < -0.4 is 10.5 Å². The van der Waals surface area contributed by atoms with Crippen molar-refractivity contribution in [1.82, 2.24) is 0 Å². The number of para-hydroxylation sites is 1. The van der Waals surface area contributed by atoms with Gasteiger partial charge in [-0.15, -0.1) is 0 Å². The first-order chi connectivity index (χ1) is 14.2. The summed E-state index contributed by atoms with van der Waals surface area (Å²) in [5, 5.41) is 8.43. The summed E-state index contributed by atoms with van der Waals surface area (Å²) in [5.41, 5.74) is 1.62. The van der Waals surface area contributed by atoms with Gasteiger partial charge in [0.2, 0.25) is 15.8 Å². The molecule has 0 radical (unpaired) electrons. The number of hydrogen-bond donors (Lipinski definition) is 2. The maximum absolute atomic E-state index is 12.6. The zero-order valence-corrected chi connectivity index (χ0v) is 17.9. The molecule has 158 valence electrons. The molecule has 1 amide bonds. The Hall–Kier alpha value is -2.82. The molecule has 0 saturated heterocycles. The monoisotopic (exact) mass is 448 g/mol. The Kier molecular flexibility index (Phi) is 6.49. The van der Waals surface area contributed by atoms with Crippen LogP contribution in [0.4, 0.5) is 5.69 Å². The van der Waals surface area contributed by atoms with Gasteiger partial charge in [-0.2, -0.15) is 11.8 Å². The Morgan fingerprint density at radius 1 is 1.17 bits per heavy atom. The van der Waals surface area contributed by atoms with Crippen LogP contribution in [0.2, 0.25) is 0 Å². The van der Waals surface area contributed by atoms with Crippen molar-refractivity contribution in [1.29, 1.82) is 0 Å². The summed E-state index contributed by atoms with van der Waals surface area (Å²) in [6, 6.07) is 12.6. The van der Waals surface area contributed by atoms with E-state index >= 15 is 0 Å². The van der Waals surface area contributed by atoms with Crippen LogP contribution in [-0.4, -0.2) is 32.7 Å². The molecule has 30 heavy (non-hydrogen) atoms. The summed E-state index contributed by atoms with van der Waals surface area (Å²) < 4.78 is 33.5. The average molecular weight is 449 g/mol. The number of furan rings is 1. The molecule has 3 aromatic rings. The predicted molar refractivity (Wildman–Crippen MR) is 115 cm³/mol. The fourth-order valence-electron chi connectivity index (χ4n) is 2.79. The van der Waals surface area contributed by atoms with E-state index in [4.69, 9.17) is 14.3 Å². The van der Waals surface area contributed by atoms with Gasteiger partial charge in [0.1, 0.15) is 5.58 Å². The van der Waals surface area contributed by atoms with Crippen LogP contribution in [0.15, 0.2) is 57.8 Å². The quantitative estimate of drug-likeness (QED) is 0.531.